The summed E-state index contributed by atoms with van der Waals surface area (Å²) in [5, 5.41) is 2.75. The van der Waals surface area contributed by atoms with Crippen molar-refractivity contribution in [3.05, 3.63) is 35.5 Å². The number of imidazole rings is 1. The van der Waals surface area contributed by atoms with Gasteiger partial charge in [-0.1, -0.05) is 13.0 Å². The van der Waals surface area contributed by atoms with Crippen LogP contribution in [0.5, 0.6) is 0 Å². The van der Waals surface area contributed by atoms with Gasteiger partial charge in [-0.25, -0.2) is 4.98 Å². The van der Waals surface area contributed by atoms with Gasteiger partial charge in [-0.05, 0) is 32.0 Å². The van der Waals surface area contributed by atoms with Crippen molar-refractivity contribution in [1.82, 2.24) is 19.6 Å². The predicted molar refractivity (Wildman–Crippen MR) is 88.7 cm³/mol. The Morgan fingerprint density at radius 3 is 3.08 bits per heavy atom. The maximum absolute atomic E-state index is 14.4. The van der Waals surface area contributed by atoms with Gasteiger partial charge in [0.1, 0.15) is 5.65 Å². The van der Waals surface area contributed by atoms with Crippen molar-refractivity contribution in [3.63, 3.8) is 0 Å². The van der Waals surface area contributed by atoms with E-state index in [1.807, 2.05) is 0 Å². The van der Waals surface area contributed by atoms with Crippen LogP contribution in [-0.4, -0.2) is 59.1 Å². The van der Waals surface area contributed by atoms with Crippen LogP contribution in [0.2, 0.25) is 0 Å². The van der Waals surface area contributed by atoms with E-state index in [1.54, 1.807) is 25.1 Å². The minimum atomic E-state index is -0.619. The molecule has 1 aliphatic rings. The van der Waals surface area contributed by atoms with Crippen LogP contribution in [0.3, 0.4) is 0 Å². The third-order valence-electron chi connectivity index (χ3n) is 4.42. The lowest BCUT2D eigenvalue weighted by molar-refractivity contribution is -0.0296. The monoisotopic (exact) mass is 334 g/mol. The zero-order valence-electron chi connectivity index (χ0n) is 14.1. The number of halogens is 1. The normalized spacial score (nSPS) is 18.9. The van der Waals surface area contributed by atoms with Crippen LogP contribution in [-0.2, 0) is 4.74 Å². The Hall–Kier alpha value is -1.99. The summed E-state index contributed by atoms with van der Waals surface area (Å²) in [6.45, 7) is 7.87. The molecule has 1 atom stereocenters. The number of carbonyl (C=O) groups is 1. The van der Waals surface area contributed by atoms with Gasteiger partial charge in [-0.15, -0.1) is 0 Å². The number of nitrogens with zero attached hydrogens (tertiary/aromatic N) is 3. The quantitative estimate of drug-likeness (QED) is 0.903. The van der Waals surface area contributed by atoms with Gasteiger partial charge in [-0.2, -0.15) is 4.39 Å². The molecule has 0 radical (unpaired) electrons. The van der Waals surface area contributed by atoms with E-state index in [9.17, 15) is 9.18 Å². The number of hydrogen-bond donors (Lipinski definition) is 1. The molecule has 0 aromatic carbocycles. The number of aromatic nitrogens is 2. The molecule has 1 fully saturated rings. The summed E-state index contributed by atoms with van der Waals surface area (Å²) >= 11 is 0. The highest BCUT2D eigenvalue weighted by Crippen LogP contribution is 2.14. The average molecular weight is 334 g/mol. The molecule has 1 N–H and O–H groups in total. The molecule has 0 bridgehead atoms. The molecule has 0 aliphatic carbocycles. The largest absolute Gasteiger partial charge is 0.375 e. The number of hydrogen-bond acceptors (Lipinski definition) is 4. The minimum absolute atomic E-state index is 0.104. The summed E-state index contributed by atoms with van der Waals surface area (Å²) in [5.41, 5.74) is 0.975. The van der Waals surface area contributed by atoms with Crippen LogP contribution in [0, 0.1) is 12.9 Å². The predicted octanol–water partition coefficient (Wildman–Crippen LogP) is 1.62. The third kappa shape index (κ3) is 3.42. The molecule has 3 heterocycles. The van der Waals surface area contributed by atoms with Crippen LogP contribution >= 0.6 is 0 Å². The lowest BCUT2D eigenvalue weighted by atomic mass is 10.2. The van der Waals surface area contributed by atoms with Gasteiger partial charge in [0.15, 0.2) is 5.69 Å². The first kappa shape index (κ1) is 16.9. The molecule has 24 heavy (non-hydrogen) atoms. The van der Waals surface area contributed by atoms with E-state index < -0.39 is 11.9 Å². The van der Waals surface area contributed by atoms with Crippen molar-refractivity contribution in [2.75, 3.05) is 32.8 Å². The lowest BCUT2D eigenvalue weighted by Crippen LogP contribution is -2.43. The second kappa shape index (κ2) is 7.27. The van der Waals surface area contributed by atoms with Crippen LogP contribution in [0.15, 0.2) is 18.2 Å². The maximum Gasteiger partial charge on any atom is 0.274 e. The number of fused-ring (bicyclic) bond motifs is 1. The lowest BCUT2D eigenvalue weighted by Gasteiger charge is -2.32. The van der Waals surface area contributed by atoms with Crippen molar-refractivity contribution < 1.29 is 13.9 Å². The Morgan fingerprint density at radius 1 is 1.50 bits per heavy atom. The molecule has 1 amide bonds. The van der Waals surface area contributed by atoms with Crippen molar-refractivity contribution in [3.8, 4) is 0 Å². The second-order valence-corrected chi connectivity index (χ2v) is 6.04. The summed E-state index contributed by atoms with van der Waals surface area (Å²) in [6.07, 6.45) is 0.808. The highest BCUT2D eigenvalue weighted by molar-refractivity contribution is 5.93. The average Bonchev–Trinajstić information content (AvgIpc) is 2.93. The summed E-state index contributed by atoms with van der Waals surface area (Å²) in [6, 6.07) is 5.25. The molecular weight excluding hydrogens is 311 g/mol. The smallest absolute Gasteiger partial charge is 0.274 e. The van der Waals surface area contributed by atoms with Gasteiger partial charge in [0.25, 0.3) is 5.91 Å². The van der Waals surface area contributed by atoms with E-state index >= 15 is 0 Å². The Balaban J connectivity index is 1.59. The van der Waals surface area contributed by atoms with E-state index in [0.29, 0.717) is 30.9 Å². The molecule has 2 aromatic heterocycles. The molecule has 0 saturated carbocycles. The number of nitrogens with one attached hydrogen (secondary N) is 1. The number of morpholine rings is 1. The molecule has 1 aliphatic heterocycles. The van der Waals surface area contributed by atoms with Crippen LogP contribution in [0.4, 0.5) is 4.39 Å². The van der Waals surface area contributed by atoms with Gasteiger partial charge in [0.2, 0.25) is 5.95 Å². The third-order valence-corrected chi connectivity index (χ3v) is 4.42. The topological polar surface area (TPSA) is 58.9 Å². The van der Waals surface area contributed by atoms with Crippen LogP contribution in [0.1, 0.15) is 29.5 Å². The fraction of sp³-hybridized carbons (Fsp3) is 0.529. The van der Waals surface area contributed by atoms with E-state index in [0.717, 1.165) is 19.6 Å². The van der Waals surface area contributed by atoms with E-state index in [2.05, 4.69) is 22.1 Å². The standard InChI is InChI=1S/C17H23FN4O2/c1-3-21-9-10-24-13(11-21)7-8-19-17(23)15-16(18)22-12(2)5-4-6-14(22)20-15/h4-6,13H,3,7-11H2,1-2H3,(H,19,23). The van der Waals surface area contributed by atoms with Gasteiger partial charge in [0.05, 0.1) is 12.7 Å². The van der Waals surface area contributed by atoms with E-state index in [-0.39, 0.29) is 11.8 Å². The van der Waals surface area contributed by atoms with Crippen molar-refractivity contribution >= 4 is 11.6 Å². The van der Waals surface area contributed by atoms with Crippen molar-refractivity contribution in [2.45, 2.75) is 26.4 Å². The van der Waals surface area contributed by atoms with Gasteiger partial charge < -0.3 is 10.1 Å². The number of rotatable bonds is 5. The molecule has 3 rings (SSSR count). The first-order chi connectivity index (χ1) is 11.6. The molecular formula is C17H23FN4O2. The van der Waals surface area contributed by atoms with Crippen LogP contribution < -0.4 is 5.32 Å². The second-order valence-electron chi connectivity index (χ2n) is 6.04. The molecule has 1 saturated heterocycles. The first-order valence-electron chi connectivity index (χ1n) is 8.36. The number of pyridine rings is 1. The fourth-order valence-corrected chi connectivity index (χ4v) is 3.03. The number of amides is 1. The SMILES string of the molecule is CCN1CCOC(CCNC(=O)c2nc3cccc(C)n3c2F)C1. The van der Waals surface area contributed by atoms with Gasteiger partial charge in [-0.3, -0.25) is 14.1 Å². The first-order valence-corrected chi connectivity index (χ1v) is 8.36. The van der Waals surface area contributed by atoms with Crippen molar-refractivity contribution in [1.29, 1.82) is 0 Å². The highest BCUT2D eigenvalue weighted by atomic mass is 19.1. The van der Waals surface area contributed by atoms with Gasteiger partial charge in [0, 0.05) is 25.3 Å². The summed E-state index contributed by atoms with van der Waals surface area (Å²) in [5.74, 6) is -1.11. The molecule has 1 unspecified atom stereocenters. The van der Waals surface area contributed by atoms with Crippen molar-refractivity contribution in [2.24, 2.45) is 0 Å². The Labute approximate surface area is 140 Å². The van der Waals surface area contributed by atoms with E-state index in [4.69, 9.17) is 4.74 Å². The van der Waals surface area contributed by atoms with E-state index in [1.165, 1.54) is 4.40 Å². The number of ether oxygens (including phenoxy) is 1. The number of likely N-dealkylation sites (N-methyl/N-ethyl adjacent to an activating group) is 1. The Kier molecular flexibility index (Phi) is 5.11. The number of aryl methyl sites for hydroxylation is 1. The highest BCUT2D eigenvalue weighted by Gasteiger charge is 2.22. The Morgan fingerprint density at radius 2 is 2.33 bits per heavy atom. The zero-order valence-corrected chi connectivity index (χ0v) is 14.1. The molecule has 2 aromatic rings. The Bertz CT molecular complexity index is 731. The summed E-state index contributed by atoms with van der Waals surface area (Å²) in [7, 11) is 0. The minimum Gasteiger partial charge on any atom is -0.375 e. The molecule has 6 nitrogen and oxygen atoms in total. The molecule has 0 spiro atoms. The summed E-state index contributed by atoms with van der Waals surface area (Å²) in [4.78, 5) is 18.7. The number of carbonyl (C=O) groups excluding carboxylic acids is 1. The molecule has 7 heteroatoms. The fourth-order valence-electron chi connectivity index (χ4n) is 3.03. The summed E-state index contributed by atoms with van der Waals surface area (Å²) < 4.78 is 21.5. The van der Waals surface area contributed by atoms with Gasteiger partial charge >= 0.3 is 0 Å². The zero-order chi connectivity index (χ0) is 17.1. The maximum atomic E-state index is 14.4. The van der Waals surface area contributed by atoms with Crippen LogP contribution in [0.25, 0.3) is 5.65 Å². The molecule has 130 valence electrons.